The molecule has 43 heavy (non-hydrogen) atoms. The molecule has 222 valence electrons. The van der Waals surface area contributed by atoms with Gasteiger partial charge in [0, 0.05) is 36.5 Å². The molecule has 2 N–H and O–H groups in total. The minimum Gasteiger partial charge on any atom is -0.493 e. The minimum absolute atomic E-state index is 0.0287. The van der Waals surface area contributed by atoms with Crippen LogP contribution >= 0.6 is 0 Å². The fourth-order valence-corrected chi connectivity index (χ4v) is 5.85. The standard InChI is InChI=1S/C34H37N5O4/c1-4-5-6-11-20-38-30(28-14-9-10-19-35-28)27(25-12-7-8-13-26(25)32(38)41)21-36-23(3)29-31(40)37-34(43)39(33(29)42)24-17-15-22(2)16-18-24/h7-10,12-19,27,30,42H,4-6,11,20-21H2,1-3H3,(H,37,40,43)/t27-,30-/m0/s1. The maximum atomic E-state index is 13.8. The molecule has 1 aliphatic heterocycles. The van der Waals surface area contributed by atoms with Crippen molar-refractivity contribution in [2.75, 3.05) is 13.1 Å². The molecule has 4 aromatic rings. The molecule has 3 heterocycles. The largest absolute Gasteiger partial charge is 0.493 e. The second-order valence-electron chi connectivity index (χ2n) is 11.0. The lowest BCUT2D eigenvalue weighted by Crippen LogP contribution is -2.44. The van der Waals surface area contributed by atoms with Crippen molar-refractivity contribution in [2.45, 2.75) is 58.4 Å². The zero-order valence-electron chi connectivity index (χ0n) is 24.8. The molecule has 0 radical (unpaired) electrons. The number of unbranched alkanes of at least 4 members (excludes halogenated alkanes) is 3. The molecule has 0 bridgehead atoms. The first kappa shape index (κ1) is 29.7. The number of H-pyrrole nitrogens is 1. The third kappa shape index (κ3) is 6.07. The van der Waals surface area contributed by atoms with E-state index in [1.54, 1.807) is 25.3 Å². The number of amides is 1. The average molecular weight is 580 g/mol. The van der Waals surface area contributed by atoms with Crippen LogP contribution in [0.15, 0.2) is 87.5 Å². The minimum atomic E-state index is -0.739. The first-order valence-electron chi connectivity index (χ1n) is 14.8. The van der Waals surface area contributed by atoms with Crippen molar-refractivity contribution in [1.29, 1.82) is 0 Å². The molecule has 0 saturated heterocycles. The number of aromatic hydroxyl groups is 1. The fraction of sp³-hybridized carbons (Fsp3) is 0.324. The van der Waals surface area contributed by atoms with Crippen LogP contribution in [0.25, 0.3) is 5.69 Å². The molecule has 0 unspecified atom stereocenters. The van der Waals surface area contributed by atoms with Gasteiger partial charge in [0.1, 0.15) is 5.56 Å². The van der Waals surface area contributed by atoms with Gasteiger partial charge in [-0.3, -0.25) is 24.5 Å². The molecular weight excluding hydrogens is 542 g/mol. The highest BCUT2D eigenvalue weighted by molar-refractivity contribution is 6.00. The van der Waals surface area contributed by atoms with E-state index in [2.05, 4.69) is 16.9 Å². The zero-order chi connectivity index (χ0) is 30.5. The Morgan fingerprint density at radius 2 is 1.72 bits per heavy atom. The maximum absolute atomic E-state index is 13.8. The lowest BCUT2D eigenvalue weighted by atomic mass is 9.81. The van der Waals surface area contributed by atoms with Gasteiger partial charge in [-0.25, -0.2) is 9.36 Å². The van der Waals surface area contributed by atoms with Gasteiger partial charge in [-0.2, -0.15) is 0 Å². The Kier molecular flexibility index (Phi) is 8.99. The number of aryl methyl sites for hydroxylation is 1. The third-order valence-electron chi connectivity index (χ3n) is 8.08. The Morgan fingerprint density at radius 1 is 0.977 bits per heavy atom. The van der Waals surface area contributed by atoms with Gasteiger partial charge < -0.3 is 10.0 Å². The van der Waals surface area contributed by atoms with Crippen LogP contribution in [-0.4, -0.2) is 49.2 Å². The summed E-state index contributed by atoms with van der Waals surface area (Å²) >= 11 is 0. The highest BCUT2D eigenvalue weighted by Crippen LogP contribution is 2.42. The highest BCUT2D eigenvalue weighted by atomic mass is 16.3. The van der Waals surface area contributed by atoms with Gasteiger partial charge in [0.05, 0.1) is 17.4 Å². The molecule has 0 aliphatic carbocycles. The van der Waals surface area contributed by atoms with Crippen LogP contribution in [0, 0.1) is 6.92 Å². The number of carbonyl (C=O) groups is 1. The quantitative estimate of drug-likeness (QED) is 0.195. The van der Waals surface area contributed by atoms with Crippen molar-refractivity contribution in [1.82, 2.24) is 19.4 Å². The Morgan fingerprint density at radius 3 is 2.44 bits per heavy atom. The average Bonchev–Trinajstić information content (AvgIpc) is 3.00. The summed E-state index contributed by atoms with van der Waals surface area (Å²) in [5.41, 5.74) is 2.44. The Labute approximate surface area is 250 Å². The number of carbonyl (C=O) groups excluding carboxylic acids is 1. The van der Waals surface area contributed by atoms with Crippen molar-refractivity contribution in [3.63, 3.8) is 0 Å². The normalized spacial score (nSPS) is 16.8. The van der Waals surface area contributed by atoms with Gasteiger partial charge in [-0.15, -0.1) is 0 Å². The molecule has 0 saturated carbocycles. The number of pyridine rings is 1. The number of fused-ring (bicyclic) bond motifs is 1. The SMILES string of the molecule is CCCCCCN1C(=O)c2ccccc2[C@H](CN=C(C)c2c(O)n(-c3ccc(C)cc3)c(=O)[nH]c2=O)[C@H]1c1ccccn1. The van der Waals surface area contributed by atoms with Gasteiger partial charge in [-0.1, -0.05) is 68.1 Å². The number of hydrogen-bond donors (Lipinski definition) is 2. The Bertz CT molecular complexity index is 1740. The first-order valence-corrected chi connectivity index (χ1v) is 14.8. The third-order valence-corrected chi connectivity index (χ3v) is 8.08. The van der Waals surface area contributed by atoms with Crippen LogP contribution in [-0.2, 0) is 0 Å². The first-order chi connectivity index (χ1) is 20.8. The molecule has 5 rings (SSSR count). The summed E-state index contributed by atoms with van der Waals surface area (Å²) in [7, 11) is 0. The van der Waals surface area contributed by atoms with Crippen LogP contribution in [0.1, 0.15) is 84.2 Å². The van der Waals surface area contributed by atoms with Gasteiger partial charge in [-0.05, 0) is 56.2 Å². The number of aliphatic imine (C=N–C) groups is 1. The summed E-state index contributed by atoms with van der Waals surface area (Å²) in [5, 5.41) is 11.2. The number of aromatic nitrogens is 3. The molecule has 1 amide bonds. The maximum Gasteiger partial charge on any atom is 0.335 e. The lowest BCUT2D eigenvalue weighted by Gasteiger charge is -2.41. The van der Waals surface area contributed by atoms with Gasteiger partial charge >= 0.3 is 5.69 Å². The molecular formula is C34H37N5O4. The van der Waals surface area contributed by atoms with E-state index in [4.69, 9.17) is 4.99 Å². The topological polar surface area (TPSA) is 121 Å². The van der Waals surface area contributed by atoms with E-state index in [9.17, 15) is 19.5 Å². The van der Waals surface area contributed by atoms with E-state index in [1.165, 1.54) is 0 Å². The van der Waals surface area contributed by atoms with Crippen molar-refractivity contribution >= 4 is 11.6 Å². The Balaban J connectivity index is 1.57. The smallest absolute Gasteiger partial charge is 0.335 e. The summed E-state index contributed by atoms with van der Waals surface area (Å²) < 4.78 is 1.07. The van der Waals surface area contributed by atoms with Crippen LogP contribution in [0.3, 0.4) is 0 Å². The van der Waals surface area contributed by atoms with Gasteiger partial charge in [0.15, 0.2) is 0 Å². The molecule has 9 heteroatoms. The highest BCUT2D eigenvalue weighted by Gasteiger charge is 2.40. The summed E-state index contributed by atoms with van der Waals surface area (Å²) in [6.45, 7) is 6.54. The van der Waals surface area contributed by atoms with Crippen molar-refractivity contribution < 1.29 is 9.90 Å². The molecule has 2 aromatic carbocycles. The van der Waals surface area contributed by atoms with Crippen molar-refractivity contribution in [3.05, 3.63) is 122 Å². The van der Waals surface area contributed by atoms with Crippen LogP contribution in [0.2, 0.25) is 0 Å². The number of aromatic amines is 1. The molecule has 0 fully saturated rings. The molecule has 9 nitrogen and oxygen atoms in total. The monoisotopic (exact) mass is 579 g/mol. The molecule has 1 aliphatic rings. The second-order valence-corrected chi connectivity index (χ2v) is 11.0. The van der Waals surface area contributed by atoms with Crippen LogP contribution in [0.5, 0.6) is 5.88 Å². The van der Waals surface area contributed by atoms with Gasteiger partial charge in [0.2, 0.25) is 5.88 Å². The van der Waals surface area contributed by atoms with E-state index in [0.717, 1.165) is 47.1 Å². The predicted molar refractivity (Wildman–Crippen MR) is 167 cm³/mol. The lowest BCUT2D eigenvalue weighted by molar-refractivity contribution is 0.0601. The van der Waals surface area contributed by atoms with E-state index in [0.29, 0.717) is 17.8 Å². The fourth-order valence-electron chi connectivity index (χ4n) is 5.85. The van der Waals surface area contributed by atoms with E-state index < -0.39 is 17.1 Å². The summed E-state index contributed by atoms with van der Waals surface area (Å²) in [6.07, 6.45) is 5.83. The van der Waals surface area contributed by atoms with E-state index in [-0.39, 0.29) is 35.7 Å². The summed E-state index contributed by atoms with van der Waals surface area (Å²) in [4.78, 5) is 53.2. The van der Waals surface area contributed by atoms with Crippen molar-refractivity contribution in [3.8, 4) is 11.6 Å². The van der Waals surface area contributed by atoms with E-state index >= 15 is 0 Å². The predicted octanol–water partition coefficient (Wildman–Crippen LogP) is 5.31. The van der Waals surface area contributed by atoms with Crippen molar-refractivity contribution in [2.24, 2.45) is 4.99 Å². The number of rotatable bonds is 10. The number of hydrogen-bond acceptors (Lipinski definition) is 6. The number of nitrogens with zero attached hydrogens (tertiary/aromatic N) is 4. The number of nitrogens with one attached hydrogen (secondary N) is 1. The second kappa shape index (κ2) is 13.0. The zero-order valence-corrected chi connectivity index (χ0v) is 24.8. The number of benzene rings is 2. The molecule has 0 spiro atoms. The molecule has 2 atom stereocenters. The summed E-state index contributed by atoms with van der Waals surface area (Å²) in [5.74, 6) is -0.759. The van der Waals surface area contributed by atoms with Gasteiger partial charge in [0.25, 0.3) is 11.5 Å². The summed E-state index contributed by atoms with van der Waals surface area (Å²) in [6, 6.07) is 20.0. The van der Waals surface area contributed by atoms with E-state index in [1.807, 2.05) is 66.4 Å². The van der Waals surface area contributed by atoms with Crippen LogP contribution in [0.4, 0.5) is 0 Å². The van der Waals surface area contributed by atoms with Crippen LogP contribution < -0.4 is 11.2 Å². The molecule has 2 aromatic heterocycles. The Hall–Kier alpha value is -4.79.